The standard InChI is InChI=1S/C8H12BrN5O/c1-11-5(15)3-14(2)8-6(9)7(10)12-4-13-8/h4H,3H2,1-2H3,(H,11,15)(H2,10,12,13). The molecule has 0 saturated heterocycles. The minimum Gasteiger partial charge on any atom is -0.383 e. The molecule has 0 radical (unpaired) electrons. The minimum absolute atomic E-state index is 0.0958. The Morgan fingerprint density at radius 3 is 2.93 bits per heavy atom. The van der Waals surface area contributed by atoms with Crippen molar-refractivity contribution in [3.8, 4) is 0 Å². The van der Waals surface area contributed by atoms with E-state index in [1.54, 1.807) is 19.0 Å². The molecule has 15 heavy (non-hydrogen) atoms. The van der Waals surface area contributed by atoms with E-state index in [0.717, 1.165) is 0 Å². The Kier molecular flexibility index (Phi) is 3.84. The van der Waals surface area contributed by atoms with Crippen LogP contribution >= 0.6 is 15.9 Å². The van der Waals surface area contributed by atoms with E-state index in [9.17, 15) is 4.79 Å². The van der Waals surface area contributed by atoms with Gasteiger partial charge in [-0.2, -0.15) is 0 Å². The maximum absolute atomic E-state index is 11.1. The number of hydrogen-bond acceptors (Lipinski definition) is 5. The Bertz CT molecular complexity index is 370. The summed E-state index contributed by atoms with van der Waals surface area (Å²) in [5, 5.41) is 2.53. The molecule has 0 aromatic carbocycles. The van der Waals surface area contributed by atoms with E-state index < -0.39 is 0 Å². The van der Waals surface area contributed by atoms with Crippen molar-refractivity contribution in [2.24, 2.45) is 0 Å². The molecule has 0 aliphatic heterocycles. The molecule has 1 rings (SSSR count). The summed E-state index contributed by atoms with van der Waals surface area (Å²) < 4.78 is 0.594. The van der Waals surface area contributed by atoms with Gasteiger partial charge in [0.15, 0.2) is 0 Å². The molecule has 3 N–H and O–H groups in total. The first-order valence-corrected chi connectivity index (χ1v) is 5.03. The van der Waals surface area contributed by atoms with Crippen LogP contribution in [-0.4, -0.2) is 36.5 Å². The van der Waals surface area contributed by atoms with E-state index in [-0.39, 0.29) is 12.5 Å². The number of carbonyl (C=O) groups excluding carboxylic acids is 1. The van der Waals surface area contributed by atoms with Crippen LogP contribution in [0.2, 0.25) is 0 Å². The monoisotopic (exact) mass is 273 g/mol. The Balaban J connectivity index is 2.86. The fraction of sp³-hybridized carbons (Fsp3) is 0.375. The van der Waals surface area contributed by atoms with Crippen molar-refractivity contribution in [2.45, 2.75) is 0 Å². The number of anilines is 2. The van der Waals surface area contributed by atoms with Crippen LogP contribution in [-0.2, 0) is 4.79 Å². The molecular formula is C8H12BrN5O. The number of amides is 1. The molecule has 0 fully saturated rings. The third-order valence-electron chi connectivity index (χ3n) is 1.82. The summed E-state index contributed by atoms with van der Waals surface area (Å²) in [6.07, 6.45) is 1.36. The van der Waals surface area contributed by atoms with E-state index in [2.05, 4.69) is 31.2 Å². The first-order chi connectivity index (χ1) is 7.06. The lowest BCUT2D eigenvalue weighted by atomic mass is 10.4. The van der Waals surface area contributed by atoms with Crippen molar-refractivity contribution < 1.29 is 4.79 Å². The highest BCUT2D eigenvalue weighted by molar-refractivity contribution is 9.10. The Hall–Kier alpha value is -1.37. The maximum atomic E-state index is 11.1. The summed E-state index contributed by atoms with van der Waals surface area (Å²) in [5.41, 5.74) is 5.60. The largest absolute Gasteiger partial charge is 0.383 e. The normalized spacial score (nSPS) is 9.80. The summed E-state index contributed by atoms with van der Waals surface area (Å²) in [6.45, 7) is 0.214. The zero-order valence-corrected chi connectivity index (χ0v) is 10.1. The molecule has 0 saturated carbocycles. The zero-order valence-electron chi connectivity index (χ0n) is 8.49. The van der Waals surface area contributed by atoms with Crippen molar-refractivity contribution in [3.63, 3.8) is 0 Å². The highest BCUT2D eigenvalue weighted by Crippen LogP contribution is 2.26. The van der Waals surface area contributed by atoms with Crippen LogP contribution in [0.1, 0.15) is 0 Å². The highest BCUT2D eigenvalue weighted by Gasteiger charge is 2.12. The van der Waals surface area contributed by atoms with Gasteiger partial charge in [-0.1, -0.05) is 0 Å². The first-order valence-electron chi connectivity index (χ1n) is 4.24. The third kappa shape index (κ3) is 2.79. The van der Waals surface area contributed by atoms with Gasteiger partial charge in [-0.25, -0.2) is 9.97 Å². The predicted molar refractivity (Wildman–Crippen MR) is 61.5 cm³/mol. The molecule has 0 bridgehead atoms. The SMILES string of the molecule is CNC(=O)CN(C)c1ncnc(N)c1Br. The van der Waals surface area contributed by atoms with Gasteiger partial charge in [-0.05, 0) is 15.9 Å². The molecule has 6 nitrogen and oxygen atoms in total. The van der Waals surface area contributed by atoms with E-state index in [0.29, 0.717) is 16.1 Å². The van der Waals surface area contributed by atoms with Crippen LogP contribution in [0.15, 0.2) is 10.8 Å². The number of nitrogens with two attached hydrogens (primary N) is 1. The van der Waals surface area contributed by atoms with Crippen LogP contribution < -0.4 is 16.0 Å². The molecular weight excluding hydrogens is 262 g/mol. The van der Waals surface area contributed by atoms with Gasteiger partial charge in [0.05, 0.1) is 6.54 Å². The van der Waals surface area contributed by atoms with Gasteiger partial charge < -0.3 is 16.0 Å². The molecule has 82 valence electrons. The van der Waals surface area contributed by atoms with E-state index >= 15 is 0 Å². The predicted octanol–water partition coefficient (Wildman–Crippen LogP) is 0.00350. The molecule has 0 spiro atoms. The van der Waals surface area contributed by atoms with Crippen LogP contribution in [0.4, 0.5) is 11.6 Å². The second-order valence-corrected chi connectivity index (χ2v) is 3.72. The molecule has 1 aromatic heterocycles. The number of carbonyl (C=O) groups is 1. The van der Waals surface area contributed by atoms with E-state index in [4.69, 9.17) is 5.73 Å². The van der Waals surface area contributed by atoms with Crippen molar-refractivity contribution in [3.05, 3.63) is 10.8 Å². The van der Waals surface area contributed by atoms with Crippen LogP contribution in [0.5, 0.6) is 0 Å². The average Bonchev–Trinajstić information content (AvgIpc) is 2.21. The van der Waals surface area contributed by atoms with Gasteiger partial charge in [0, 0.05) is 14.1 Å². The van der Waals surface area contributed by atoms with Gasteiger partial charge in [-0.15, -0.1) is 0 Å². The third-order valence-corrected chi connectivity index (χ3v) is 2.58. The summed E-state index contributed by atoms with van der Waals surface area (Å²) in [5.74, 6) is 0.844. The molecule has 1 amide bonds. The van der Waals surface area contributed by atoms with Crippen molar-refractivity contribution in [1.29, 1.82) is 0 Å². The molecule has 1 aromatic rings. The Morgan fingerprint density at radius 1 is 1.67 bits per heavy atom. The second kappa shape index (κ2) is 4.92. The summed E-state index contributed by atoms with van der Waals surface area (Å²) in [7, 11) is 3.33. The number of likely N-dealkylation sites (N-methyl/N-ethyl adjacent to an activating group) is 2. The maximum Gasteiger partial charge on any atom is 0.239 e. The van der Waals surface area contributed by atoms with Crippen LogP contribution in [0.25, 0.3) is 0 Å². The Morgan fingerprint density at radius 2 is 2.33 bits per heavy atom. The molecule has 0 aliphatic carbocycles. The number of nitrogens with zero attached hydrogens (tertiary/aromatic N) is 3. The molecule has 0 atom stereocenters. The van der Waals surface area contributed by atoms with Gasteiger partial charge >= 0.3 is 0 Å². The number of rotatable bonds is 3. The molecule has 0 unspecified atom stereocenters. The van der Waals surface area contributed by atoms with Gasteiger partial charge in [0.25, 0.3) is 0 Å². The smallest absolute Gasteiger partial charge is 0.239 e. The lowest BCUT2D eigenvalue weighted by molar-refractivity contribution is -0.119. The fourth-order valence-electron chi connectivity index (χ4n) is 1.01. The lowest BCUT2D eigenvalue weighted by Gasteiger charge is -2.18. The fourth-order valence-corrected chi connectivity index (χ4v) is 1.52. The second-order valence-electron chi connectivity index (χ2n) is 2.93. The van der Waals surface area contributed by atoms with Crippen molar-refractivity contribution in [1.82, 2.24) is 15.3 Å². The molecule has 1 heterocycles. The average molecular weight is 274 g/mol. The topological polar surface area (TPSA) is 84.1 Å². The summed E-state index contributed by atoms with van der Waals surface area (Å²) in [4.78, 5) is 20.7. The van der Waals surface area contributed by atoms with Crippen molar-refractivity contribution in [2.75, 3.05) is 31.3 Å². The lowest BCUT2D eigenvalue weighted by Crippen LogP contribution is -2.33. The molecule has 0 aliphatic rings. The van der Waals surface area contributed by atoms with E-state index in [1.807, 2.05) is 0 Å². The highest BCUT2D eigenvalue weighted by atomic mass is 79.9. The zero-order chi connectivity index (χ0) is 11.4. The number of hydrogen-bond donors (Lipinski definition) is 2. The number of nitrogen functional groups attached to an aromatic ring is 1. The summed E-state index contributed by atoms with van der Waals surface area (Å²) in [6, 6.07) is 0. The van der Waals surface area contributed by atoms with Gasteiger partial charge in [-0.3, -0.25) is 4.79 Å². The number of nitrogens with one attached hydrogen (secondary N) is 1. The van der Waals surface area contributed by atoms with Gasteiger partial charge in [0.1, 0.15) is 22.4 Å². The van der Waals surface area contributed by atoms with Crippen LogP contribution in [0.3, 0.4) is 0 Å². The quantitative estimate of drug-likeness (QED) is 0.810. The van der Waals surface area contributed by atoms with Crippen LogP contribution in [0, 0.1) is 0 Å². The number of halogens is 1. The van der Waals surface area contributed by atoms with Crippen molar-refractivity contribution >= 4 is 33.5 Å². The first kappa shape index (κ1) is 11.7. The minimum atomic E-state index is -0.0958. The Labute approximate surface area is 96.0 Å². The molecule has 7 heteroatoms. The number of aromatic nitrogens is 2. The van der Waals surface area contributed by atoms with E-state index in [1.165, 1.54) is 6.33 Å². The summed E-state index contributed by atoms with van der Waals surface area (Å²) >= 11 is 3.27. The van der Waals surface area contributed by atoms with Gasteiger partial charge in [0.2, 0.25) is 5.91 Å².